The van der Waals surface area contributed by atoms with Crippen molar-refractivity contribution < 1.29 is 22.5 Å². The number of sulfonamides is 1. The van der Waals surface area contributed by atoms with E-state index < -0.39 is 43.8 Å². The minimum Gasteiger partial charge on any atom is -0.324 e. The van der Waals surface area contributed by atoms with Gasteiger partial charge >= 0.3 is 0 Å². The monoisotopic (exact) mass is 477 g/mol. The molecule has 3 aromatic carbocycles. The van der Waals surface area contributed by atoms with Gasteiger partial charge in [-0.3, -0.25) is 19.2 Å². The normalized spacial score (nSPS) is 11.1. The van der Waals surface area contributed by atoms with Crippen LogP contribution in [0.5, 0.6) is 0 Å². The van der Waals surface area contributed by atoms with Crippen LogP contribution in [-0.2, 0) is 14.8 Å². The van der Waals surface area contributed by atoms with Gasteiger partial charge in [0.25, 0.3) is 15.7 Å². The van der Waals surface area contributed by atoms with Crippen LogP contribution in [0.2, 0.25) is 5.02 Å². The van der Waals surface area contributed by atoms with E-state index in [1.54, 1.807) is 25.1 Å². The second-order valence-corrected chi connectivity index (χ2v) is 8.99. The van der Waals surface area contributed by atoms with Gasteiger partial charge in [0.05, 0.1) is 15.5 Å². The Balaban J connectivity index is 2.00. The van der Waals surface area contributed by atoms with Crippen LogP contribution in [0, 0.1) is 22.9 Å². The van der Waals surface area contributed by atoms with Crippen LogP contribution in [0.4, 0.5) is 21.5 Å². The molecule has 0 spiro atoms. The summed E-state index contributed by atoms with van der Waals surface area (Å²) in [6.07, 6.45) is 0. The number of carbonyl (C=O) groups is 1. The van der Waals surface area contributed by atoms with Crippen LogP contribution in [0.15, 0.2) is 71.6 Å². The summed E-state index contributed by atoms with van der Waals surface area (Å²) in [4.78, 5) is 22.7. The van der Waals surface area contributed by atoms with Crippen LogP contribution in [0.1, 0.15) is 5.56 Å². The molecule has 0 radical (unpaired) electrons. The summed E-state index contributed by atoms with van der Waals surface area (Å²) in [5.41, 5.74) is 0.363. The molecule has 0 aromatic heterocycles. The van der Waals surface area contributed by atoms with Crippen LogP contribution >= 0.6 is 11.6 Å². The van der Waals surface area contributed by atoms with Gasteiger partial charge in [0.1, 0.15) is 17.4 Å². The van der Waals surface area contributed by atoms with Crippen molar-refractivity contribution in [1.82, 2.24) is 0 Å². The van der Waals surface area contributed by atoms with Crippen molar-refractivity contribution in [2.75, 3.05) is 16.2 Å². The second kappa shape index (κ2) is 9.33. The third-order valence-electron chi connectivity index (χ3n) is 4.51. The maximum Gasteiger partial charge on any atom is 0.289 e. The first-order valence-electron chi connectivity index (χ1n) is 9.17. The fraction of sp³-hybridized carbons (Fsp3) is 0.0952. The van der Waals surface area contributed by atoms with E-state index >= 15 is 0 Å². The third-order valence-corrected chi connectivity index (χ3v) is 6.60. The number of benzene rings is 3. The molecular formula is C21H17ClFN3O5S. The Hall–Kier alpha value is -3.50. The lowest BCUT2D eigenvalue weighted by Crippen LogP contribution is -2.38. The summed E-state index contributed by atoms with van der Waals surface area (Å²) in [6.45, 7) is 1.01. The average Bonchev–Trinajstić information content (AvgIpc) is 2.75. The minimum absolute atomic E-state index is 0.163. The van der Waals surface area contributed by atoms with E-state index in [1.807, 2.05) is 0 Å². The number of nitrogens with one attached hydrogen (secondary N) is 1. The highest BCUT2D eigenvalue weighted by molar-refractivity contribution is 7.92. The van der Waals surface area contributed by atoms with Crippen molar-refractivity contribution in [3.8, 4) is 0 Å². The molecule has 1 amide bonds. The first-order valence-corrected chi connectivity index (χ1v) is 11.0. The Morgan fingerprint density at radius 3 is 2.47 bits per heavy atom. The third kappa shape index (κ3) is 5.04. The number of aryl methyl sites for hydroxylation is 1. The van der Waals surface area contributed by atoms with E-state index in [2.05, 4.69) is 5.32 Å². The molecule has 0 bridgehead atoms. The van der Waals surface area contributed by atoms with Gasteiger partial charge in [-0.15, -0.1) is 0 Å². The number of amides is 1. The highest BCUT2D eigenvalue weighted by Crippen LogP contribution is 2.30. The highest BCUT2D eigenvalue weighted by Gasteiger charge is 2.29. The fourth-order valence-electron chi connectivity index (χ4n) is 2.88. The number of halogens is 2. The van der Waals surface area contributed by atoms with Crippen molar-refractivity contribution in [1.29, 1.82) is 0 Å². The molecule has 166 valence electrons. The Morgan fingerprint density at radius 1 is 1.12 bits per heavy atom. The Morgan fingerprint density at radius 2 is 1.81 bits per heavy atom. The molecule has 8 nitrogen and oxygen atoms in total. The standard InChI is InChI=1S/C21H17ClFN3O5S/c1-14-7-8-15(23)11-19(14)24-21(27)13-25(16-5-3-2-4-6-16)32(30,31)17-9-10-18(22)20(12-17)26(28)29/h2-12H,13H2,1H3,(H,24,27). The number of para-hydroxylation sites is 1. The molecule has 0 heterocycles. The molecule has 32 heavy (non-hydrogen) atoms. The van der Waals surface area contributed by atoms with E-state index in [-0.39, 0.29) is 16.4 Å². The summed E-state index contributed by atoms with van der Waals surface area (Å²) < 4.78 is 41.1. The van der Waals surface area contributed by atoms with Gasteiger partial charge < -0.3 is 5.32 Å². The SMILES string of the molecule is Cc1ccc(F)cc1NC(=O)CN(c1ccccc1)S(=O)(=O)c1ccc(Cl)c([N+](=O)[O-])c1. The zero-order chi connectivity index (χ0) is 23.5. The molecule has 0 aliphatic carbocycles. The number of hydrogen-bond acceptors (Lipinski definition) is 5. The van der Waals surface area contributed by atoms with Crippen LogP contribution in [0.3, 0.4) is 0 Å². The fourth-order valence-corrected chi connectivity index (χ4v) is 4.51. The summed E-state index contributed by atoms with van der Waals surface area (Å²) in [5, 5.41) is 13.5. The van der Waals surface area contributed by atoms with E-state index in [9.17, 15) is 27.7 Å². The van der Waals surface area contributed by atoms with Crippen molar-refractivity contribution in [2.24, 2.45) is 0 Å². The van der Waals surface area contributed by atoms with Gasteiger partial charge in [0.15, 0.2) is 0 Å². The number of hydrogen-bond donors (Lipinski definition) is 1. The Labute approximate surface area is 188 Å². The predicted octanol–water partition coefficient (Wildman–Crippen LogP) is 4.53. The van der Waals surface area contributed by atoms with Crippen LogP contribution in [-0.4, -0.2) is 25.8 Å². The molecule has 0 fully saturated rings. The van der Waals surface area contributed by atoms with Gasteiger partial charge in [0.2, 0.25) is 5.91 Å². The molecule has 11 heteroatoms. The quantitative estimate of drug-likeness (QED) is 0.397. The van der Waals surface area contributed by atoms with Gasteiger partial charge in [-0.05, 0) is 48.9 Å². The lowest BCUT2D eigenvalue weighted by Gasteiger charge is -2.24. The summed E-state index contributed by atoms with van der Waals surface area (Å²) in [5.74, 6) is -1.29. The smallest absolute Gasteiger partial charge is 0.289 e. The molecule has 0 unspecified atom stereocenters. The Bertz CT molecular complexity index is 1290. The second-order valence-electron chi connectivity index (χ2n) is 6.72. The first kappa shape index (κ1) is 23.2. The largest absolute Gasteiger partial charge is 0.324 e. The number of anilines is 2. The van der Waals surface area contributed by atoms with E-state index in [4.69, 9.17) is 11.6 Å². The maximum atomic E-state index is 13.5. The van der Waals surface area contributed by atoms with Crippen molar-refractivity contribution >= 4 is 44.6 Å². The lowest BCUT2D eigenvalue weighted by atomic mass is 10.2. The zero-order valence-electron chi connectivity index (χ0n) is 16.7. The maximum absolute atomic E-state index is 13.5. The first-order chi connectivity index (χ1) is 15.1. The number of nitro benzene ring substituents is 1. The molecular weight excluding hydrogens is 461 g/mol. The molecule has 3 aromatic rings. The number of rotatable bonds is 7. The molecule has 0 aliphatic rings. The van der Waals surface area contributed by atoms with Crippen molar-refractivity contribution in [3.63, 3.8) is 0 Å². The molecule has 0 saturated heterocycles. The molecule has 0 aliphatic heterocycles. The van der Waals surface area contributed by atoms with Gasteiger partial charge in [0, 0.05) is 11.8 Å². The predicted molar refractivity (Wildman–Crippen MR) is 119 cm³/mol. The van der Waals surface area contributed by atoms with Crippen LogP contribution < -0.4 is 9.62 Å². The minimum atomic E-state index is -4.40. The lowest BCUT2D eigenvalue weighted by molar-refractivity contribution is -0.384. The van der Waals surface area contributed by atoms with Crippen LogP contribution in [0.25, 0.3) is 0 Å². The van der Waals surface area contributed by atoms with Gasteiger partial charge in [-0.25, -0.2) is 12.8 Å². The number of carbonyl (C=O) groups excluding carboxylic acids is 1. The molecule has 0 saturated carbocycles. The Kier molecular flexibility index (Phi) is 6.75. The zero-order valence-corrected chi connectivity index (χ0v) is 18.2. The van der Waals surface area contributed by atoms with E-state index in [0.717, 1.165) is 28.6 Å². The van der Waals surface area contributed by atoms with E-state index in [0.29, 0.717) is 5.56 Å². The summed E-state index contributed by atoms with van der Waals surface area (Å²) in [7, 11) is -4.40. The topological polar surface area (TPSA) is 110 Å². The van der Waals surface area contributed by atoms with Crippen molar-refractivity contribution in [2.45, 2.75) is 11.8 Å². The molecule has 0 atom stereocenters. The van der Waals surface area contributed by atoms with Gasteiger partial charge in [-0.2, -0.15) is 0 Å². The van der Waals surface area contributed by atoms with Crippen molar-refractivity contribution in [3.05, 3.63) is 93.2 Å². The van der Waals surface area contributed by atoms with Gasteiger partial charge in [-0.1, -0.05) is 35.9 Å². The summed E-state index contributed by atoms with van der Waals surface area (Å²) >= 11 is 5.80. The molecule has 3 rings (SSSR count). The molecule has 1 N–H and O–H groups in total. The summed E-state index contributed by atoms with van der Waals surface area (Å²) in [6, 6.07) is 14.7. The number of nitro groups is 1. The highest BCUT2D eigenvalue weighted by atomic mass is 35.5. The van der Waals surface area contributed by atoms with E-state index in [1.165, 1.54) is 24.3 Å². The number of nitrogens with zero attached hydrogens (tertiary/aromatic N) is 2. The average molecular weight is 478 g/mol.